The Bertz CT molecular complexity index is 637. The molecule has 2 aromatic rings. The first-order valence-electron chi connectivity index (χ1n) is 4.85. The van der Waals surface area contributed by atoms with E-state index in [0.717, 1.165) is 17.4 Å². The van der Waals surface area contributed by atoms with Crippen molar-refractivity contribution in [3.8, 4) is 0 Å². The van der Waals surface area contributed by atoms with Gasteiger partial charge in [-0.2, -0.15) is 0 Å². The summed E-state index contributed by atoms with van der Waals surface area (Å²) in [7, 11) is 0. The van der Waals surface area contributed by atoms with E-state index in [4.69, 9.17) is 23.2 Å². The molecule has 0 bridgehead atoms. The number of carbonyl (C=O) groups is 1. The van der Waals surface area contributed by atoms with Crippen LogP contribution in [0, 0.1) is 18.6 Å². The van der Waals surface area contributed by atoms with Crippen LogP contribution in [0.1, 0.15) is 21.5 Å². The molecule has 0 radical (unpaired) electrons. The number of halogens is 4. The molecule has 94 valence electrons. The van der Waals surface area contributed by atoms with Crippen LogP contribution in [-0.2, 0) is 0 Å². The zero-order valence-electron chi connectivity index (χ0n) is 9.06. The average Bonchev–Trinajstić information content (AvgIpc) is 2.62. The molecule has 0 spiro atoms. The quantitative estimate of drug-likeness (QED) is 0.723. The van der Waals surface area contributed by atoms with Crippen LogP contribution < -0.4 is 0 Å². The van der Waals surface area contributed by atoms with Crippen molar-refractivity contribution in [3.05, 3.63) is 55.2 Å². The molecule has 1 aromatic heterocycles. The van der Waals surface area contributed by atoms with Crippen molar-refractivity contribution in [1.82, 2.24) is 0 Å². The summed E-state index contributed by atoms with van der Waals surface area (Å²) in [6.45, 7) is 1.45. The van der Waals surface area contributed by atoms with Gasteiger partial charge in [-0.3, -0.25) is 4.79 Å². The monoisotopic (exact) mass is 306 g/mol. The van der Waals surface area contributed by atoms with Gasteiger partial charge in [0, 0.05) is 6.07 Å². The number of hydrogen-bond acceptors (Lipinski definition) is 2. The molecule has 1 aromatic carbocycles. The first-order chi connectivity index (χ1) is 8.40. The molecule has 18 heavy (non-hydrogen) atoms. The molecule has 1 heterocycles. The van der Waals surface area contributed by atoms with Crippen LogP contribution in [0.4, 0.5) is 8.78 Å². The lowest BCUT2D eigenvalue weighted by molar-refractivity contribution is 0.103. The molecule has 0 amide bonds. The average molecular weight is 307 g/mol. The molecule has 2 rings (SSSR count). The topological polar surface area (TPSA) is 17.1 Å². The fourth-order valence-corrected chi connectivity index (χ4v) is 2.93. The van der Waals surface area contributed by atoms with Crippen LogP contribution in [0.15, 0.2) is 18.2 Å². The van der Waals surface area contributed by atoms with E-state index in [1.54, 1.807) is 0 Å². The highest BCUT2D eigenvalue weighted by Crippen LogP contribution is 2.33. The molecule has 1 nitrogen and oxygen atoms in total. The second-order valence-corrected chi connectivity index (χ2v) is 5.93. The highest BCUT2D eigenvalue weighted by atomic mass is 35.5. The summed E-state index contributed by atoms with van der Waals surface area (Å²) in [5.41, 5.74) is 0.0963. The van der Waals surface area contributed by atoms with Gasteiger partial charge in [0.1, 0.15) is 16.0 Å². The van der Waals surface area contributed by atoms with Gasteiger partial charge in [-0.05, 0) is 24.6 Å². The van der Waals surface area contributed by atoms with Gasteiger partial charge in [0.05, 0.1) is 15.5 Å². The van der Waals surface area contributed by atoms with Crippen LogP contribution >= 0.6 is 34.5 Å². The first-order valence-corrected chi connectivity index (χ1v) is 6.42. The van der Waals surface area contributed by atoms with Gasteiger partial charge in [-0.1, -0.05) is 23.2 Å². The van der Waals surface area contributed by atoms with E-state index >= 15 is 0 Å². The minimum Gasteiger partial charge on any atom is -0.288 e. The maximum atomic E-state index is 13.6. The fourth-order valence-electron chi connectivity index (χ4n) is 1.47. The zero-order valence-corrected chi connectivity index (χ0v) is 11.4. The van der Waals surface area contributed by atoms with Gasteiger partial charge in [-0.15, -0.1) is 11.3 Å². The standard InChI is InChI=1S/C12H6Cl2F2OS/c1-5-2-6(9(16)4-8(5)15)11(17)7-3-10(13)18-12(7)14/h2-4H,1H3. The van der Waals surface area contributed by atoms with Crippen molar-refractivity contribution in [3.63, 3.8) is 0 Å². The van der Waals surface area contributed by atoms with Crippen LogP contribution in [0.25, 0.3) is 0 Å². The molecular formula is C12H6Cl2F2OS. The van der Waals surface area contributed by atoms with Gasteiger partial charge < -0.3 is 0 Å². The summed E-state index contributed by atoms with van der Waals surface area (Å²) < 4.78 is 27.2. The van der Waals surface area contributed by atoms with Gasteiger partial charge in [0.15, 0.2) is 5.78 Å². The Morgan fingerprint density at radius 2 is 1.78 bits per heavy atom. The normalized spacial score (nSPS) is 10.7. The first kappa shape index (κ1) is 13.5. The lowest BCUT2D eigenvalue weighted by Gasteiger charge is -2.04. The van der Waals surface area contributed by atoms with Gasteiger partial charge in [0.2, 0.25) is 0 Å². The summed E-state index contributed by atoms with van der Waals surface area (Å²) in [4.78, 5) is 12.1. The predicted molar refractivity (Wildman–Crippen MR) is 68.9 cm³/mol. The summed E-state index contributed by atoms with van der Waals surface area (Å²) in [6, 6.07) is 3.22. The molecule has 0 atom stereocenters. The van der Waals surface area contributed by atoms with Crippen LogP contribution in [0.5, 0.6) is 0 Å². The number of hydrogen-bond donors (Lipinski definition) is 0. The smallest absolute Gasteiger partial charge is 0.198 e. The van der Waals surface area contributed by atoms with Crippen molar-refractivity contribution >= 4 is 40.3 Å². The van der Waals surface area contributed by atoms with E-state index in [9.17, 15) is 13.6 Å². The second kappa shape index (κ2) is 4.96. The second-order valence-electron chi connectivity index (χ2n) is 3.65. The Hall–Kier alpha value is -0.970. The minimum absolute atomic E-state index is 0.122. The van der Waals surface area contributed by atoms with Crippen LogP contribution in [0.3, 0.4) is 0 Å². The Kier molecular flexibility index (Phi) is 3.71. The number of rotatable bonds is 2. The van der Waals surface area contributed by atoms with Crippen molar-refractivity contribution in [2.45, 2.75) is 6.92 Å². The van der Waals surface area contributed by atoms with E-state index in [0.29, 0.717) is 10.4 Å². The summed E-state index contributed by atoms with van der Waals surface area (Å²) in [6.07, 6.45) is 0. The Balaban J connectivity index is 2.53. The summed E-state index contributed by atoms with van der Waals surface area (Å²) in [5, 5.41) is 0. The molecule has 0 aliphatic rings. The molecule has 0 aliphatic heterocycles. The van der Waals surface area contributed by atoms with Crippen LogP contribution in [-0.4, -0.2) is 5.78 Å². The lowest BCUT2D eigenvalue weighted by Crippen LogP contribution is -2.05. The number of benzene rings is 1. The third-order valence-electron chi connectivity index (χ3n) is 2.39. The Labute approximate surface area is 116 Å². The summed E-state index contributed by atoms with van der Waals surface area (Å²) >= 11 is 12.6. The van der Waals surface area contributed by atoms with Crippen molar-refractivity contribution in [1.29, 1.82) is 0 Å². The Morgan fingerprint density at radius 1 is 1.11 bits per heavy atom. The van der Waals surface area contributed by atoms with Crippen molar-refractivity contribution in [2.75, 3.05) is 0 Å². The molecule has 6 heteroatoms. The predicted octanol–water partition coefficient (Wildman–Crippen LogP) is 4.87. The molecule has 0 saturated carbocycles. The van der Waals surface area contributed by atoms with E-state index in [1.165, 1.54) is 13.0 Å². The third kappa shape index (κ3) is 2.41. The van der Waals surface area contributed by atoms with E-state index in [1.807, 2.05) is 0 Å². The highest BCUT2D eigenvalue weighted by molar-refractivity contribution is 7.20. The molecule has 0 N–H and O–H groups in total. The van der Waals surface area contributed by atoms with Crippen molar-refractivity contribution < 1.29 is 13.6 Å². The number of thiophene rings is 1. The van der Waals surface area contributed by atoms with E-state index in [2.05, 4.69) is 0 Å². The molecule has 0 aliphatic carbocycles. The van der Waals surface area contributed by atoms with Crippen LogP contribution in [0.2, 0.25) is 8.67 Å². The largest absolute Gasteiger partial charge is 0.288 e. The minimum atomic E-state index is -0.915. The van der Waals surface area contributed by atoms with Gasteiger partial charge in [0.25, 0.3) is 0 Å². The number of ketones is 1. The third-order valence-corrected chi connectivity index (χ3v) is 3.88. The Morgan fingerprint density at radius 3 is 2.33 bits per heavy atom. The van der Waals surface area contributed by atoms with Gasteiger partial charge in [-0.25, -0.2) is 8.78 Å². The number of aryl methyl sites for hydroxylation is 1. The summed E-state index contributed by atoms with van der Waals surface area (Å²) in [5.74, 6) is -2.22. The molecular weight excluding hydrogens is 301 g/mol. The van der Waals surface area contributed by atoms with Gasteiger partial charge >= 0.3 is 0 Å². The highest BCUT2D eigenvalue weighted by Gasteiger charge is 2.20. The molecule has 0 fully saturated rings. The van der Waals surface area contributed by atoms with E-state index in [-0.39, 0.29) is 21.0 Å². The maximum absolute atomic E-state index is 13.6. The molecule has 0 saturated heterocycles. The lowest BCUT2D eigenvalue weighted by atomic mass is 10.0. The molecule has 0 unspecified atom stereocenters. The van der Waals surface area contributed by atoms with E-state index < -0.39 is 17.4 Å². The number of carbonyl (C=O) groups excluding carboxylic acids is 1. The maximum Gasteiger partial charge on any atom is 0.198 e. The zero-order chi connectivity index (χ0) is 13.4. The fraction of sp³-hybridized carbons (Fsp3) is 0.0833. The SMILES string of the molecule is Cc1cc(C(=O)c2cc(Cl)sc2Cl)c(F)cc1F. The van der Waals surface area contributed by atoms with Crippen molar-refractivity contribution in [2.24, 2.45) is 0 Å².